The number of hydrogen-bond donors (Lipinski definition) is 1. The van der Waals surface area contributed by atoms with Crippen molar-refractivity contribution in [3.8, 4) is 0 Å². The van der Waals surface area contributed by atoms with Gasteiger partial charge in [0.2, 0.25) is 0 Å². The molecule has 2 aromatic heterocycles. The molecule has 0 saturated heterocycles. The van der Waals surface area contributed by atoms with E-state index in [1.165, 1.54) is 35.4 Å². The summed E-state index contributed by atoms with van der Waals surface area (Å²) in [4.78, 5) is 26.3. The van der Waals surface area contributed by atoms with Gasteiger partial charge in [0, 0.05) is 28.6 Å². The first-order valence-electron chi connectivity index (χ1n) is 11.1. The number of likely N-dealkylation sites (N-methyl/N-ethyl adjacent to an activating group) is 1. The number of rotatable bonds is 14. The number of nitrogens with one attached hydrogen (secondary N) is 1. The molecule has 31 heavy (non-hydrogen) atoms. The number of carbonyl (C=O) groups excluding carboxylic acids is 2. The number of aryl methyl sites for hydroxylation is 3. The molecule has 1 amide bonds. The zero-order chi connectivity index (χ0) is 22.9. The van der Waals surface area contributed by atoms with Crippen molar-refractivity contribution in [1.82, 2.24) is 5.32 Å². The standard InChI is InChI=1S/C24H36N2O4S/c1-5-6-7-8-9-20-13-14-21(31-20)12-10-19-11-15-22(30-19)24(29)25-18(16-23(27)28)17-26(2,3)4/h11,13-15,18H,5-10,12,16-17H2,1-4H3,(H-,25,27,28,29). The molecule has 1 unspecified atom stereocenters. The van der Waals surface area contributed by atoms with Crippen molar-refractivity contribution in [2.45, 2.75) is 64.3 Å². The molecule has 7 heteroatoms. The average molecular weight is 449 g/mol. The number of hydrogen-bond acceptors (Lipinski definition) is 5. The topological polar surface area (TPSA) is 82.4 Å². The van der Waals surface area contributed by atoms with E-state index in [-0.39, 0.29) is 12.2 Å². The Labute approximate surface area is 189 Å². The Morgan fingerprint density at radius 2 is 1.74 bits per heavy atom. The molecule has 2 rings (SSSR count). The van der Waals surface area contributed by atoms with Gasteiger partial charge in [0.15, 0.2) is 5.76 Å². The minimum Gasteiger partial charge on any atom is -0.550 e. The normalized spacial score (nSPS) is 12.6. The number of aliphatic carboxylic acids is 1. The maximum atomic E-state index is 12.5. The number of nitrogens with zero attached hydrogens (tertiary/aromatic N) is 1. The van der Waals surface area contributed by atoms with Gasteiger partial charge in [-0.15, -0.1) is 11.3 Å². The van der Waals surface area contributed by atoms with Gasteiger partial charge in [-0.05, 0) is 43.5 Å². The highest BCUT2D eigenvalue weighted by atomic mass is 32.1. The number of carboxylic acid groups (broad SMARTS) is 1. The fraction of sp³-hybridized carbons (Fsp3) is 0.583. The first-order valence-corrected chi connectivity index (χ1v) is 12.0. The molecule has 0 aromatic carbocycles. The SMILES string of the molecule is CCCCCCc1ccc(CCc2ccc(C(=O)NC(CC(=O)[O-])C[N+](C)(C)C)o2)s1. The van der Waals surface area contributed by atoms with Crippen LogP contribution in [0.5, 0.6) is 0 Å². The van der Waals surface area contributed by atoms with Crippen molar-refractivity contribution in [1.29, 1.82) is 0 Å². The lowest BCUT2D eigenvalue weighted by molar-refractivity contribution is -0.871. The smallest absolute Gasteiger partial charge is 0.287 e. The van der Waals surface area contributed by atoms with Crippen LogP contribution in [0.3, 0.4) is 0 Å². The summed E-state index contributed by atoms with van der Waals surface area (Å²) in [5, 5.41) is 13.8. The lowest BCUT2D eigenvalue weighted by atomic mass is 10.1. The monoisotopic (exact) mass is 448 g/mol. The van der Waals surface area contributed by atoms with Gasteiger partial charge in [-0.3, -0.25) is 4.79 Å². The number of amides is 1. The van der Waals surface area contributed by atoms with Crippen molar-refractivity contribution in [3.05, 3.63) is 45.5 Å². The fourth-order valence-electron chi connectivity index (χ4n) is 3.58. The lowest BCUT2D eigenvalue weighted by Gasteiger charge is -2.29. The third kappa shape index (κ3) is 9.70. The molecule has 2 aromatic rings. The van der Waals surface area contributed by atoms with Crippen molar-refractivity contribution >= 4 is 23.2 Å². The highest BCUT2D eigenvalue weighted by molar-refractivity contribution is 7.11. The zero-order valence-electron chi connectivity index (χ0n) is 19.2. The molecule has 0 spiro atoms. The van der Waals surface area contributed by atoms with E-state index in [9.17, 15) is 14.7 Å². The van der Waals surface area contributed by atoms with Gasteiger partial charge < -0.3 is 24.1 Å². The van der Waals surface area contributed by atoms with Crippen LogP contribution in [0.2, 0.25) is 0 Å². The number of quaternary nitrogens is 1. The van der Waals surface area contributed by atoms with Crippen molar-refractivity contribution in [3.63, 3.8) is 0 Å². The van der Waals surface area contributed by atoms with Crippen LogP contribution in [0, 0.1) is 0 Å². The van der Waals surface area contributed by atoms with Crippen molar-refractivity contribution in [2.24, 2.45) is 0 Å². The predicted molar refractivity (Wildman–Crippen MR) is 122 cm³/mol. The molecule has 0 bridgehead atoms. The molecule has 172 valence electrons. The zero-order valence-corrected chi connectivity index (χ0v) is 20.1. The van der Waals surface area contributed by atoms with E-state index < -0.39 is 17.9 Å². The highest BCUT2D eigenvalue weighted by Gasteiger charge is 2.22. The predicted octanol–water partition coefficient (Wildman–Crippen LogP) is 3.19. The van der Waals surface area contributed by atoms with Gasteiger partial charge in [0.05, 0.1) is 33.7 Å². The number of furan rings is 1. The Morgan fingerprint density at radius 1 is 1.03 bits per heavy atom. The second-order valence-electron chi connectivity index (χ2n) is 9.16. The van der Waals surface area contributed by atoms with Crippen molar-refractivity contribution in [2.75, 3.05) is 27.7 Å². The molecule has 0 aliphatic heterocycles. The van der Waals surface area contributed by atoms with Crippen LogP contribution >= 0.6 is 11.3 Å². The molecule has 0 saturated carbocycles. The fourth-order valence-corrected chi connectivity index (χ4v) is 4.64. The largest absolute Gasteiger partial charge is 0.550 e. The molecule has 1 N–H and O–H groups in total. The Kier molecular flexibility index (Phi) is 9.78. The van der Waals surface area contributed by atoms with Crippen LogP contribution in [0.25, 0.3) is 0 Å². The van der Waals surface area contributed by atoms with E-state index in [1.807, 2.05) is 38.5 Å². The van der Waals surface area contributed by atoms with Gasteiger partial charge >= 0.3 is 0 Å². The van der Waals surface area contributed by atoms with E-state index in [0.717, 1.165) is 25.0 Å². The van der Waals surface area contributed by atoms with Gasteiger partial charge in [0.1, 0.15) is 5.76 Å². The van der Waals surface area contributed by atoms with E-state index in [1.54, 1.807) is 6.07 Å². The molecule has 2 heterocycles. The summed E-state index contributed by atoms with van der Waals surface area (Å²) in [6.07, 6.45) is 7.62. The highest BCUT2D eigenvalue weighted by Crippen LogP contribution is 2.21. The minimum absolute atomic E-state index is 0.211. The Bertz CT molecular complexity index is 835. The molecule has 1 atom stereocenters. The third-order valence-corrected chi connectivity index (χ3v) is 6.22. The third-order valence-electron chi connectivity index (χ3n) is 5.01. The number of unbranched alkanes of at least 4 members (excludes halogenated alkanes) is 3. The minimum atomic E-state index is -1.18. The maximum absolute atomic E-state index is 12.5. The second kappa shape index (κ2) is 12.1. The van der Waals surface area contributed by atoms with Gasteiger partial charge in [-0.2, -0.15) is 0 Å². The van der Waals surface area contributed by atoms with E-state index in [0.29, 0.717) is 11.0 Å². The molecule has 0 aliphatic carbocycles. The van der Waals surface area contributed by atoms with Crippen LogP contribution in [-0.2, 0) is 24.1 Å². The van der Waals surface area contributed by atoms with Gasteiger partial charge in [-0.1, -0.05) is 26.2 Å². The second-order valence-corrected chi connectivity index (χ2v) is 10.4. The van der Waals surface area contributed by atoms with Gasteiger partial charge in [-0.25, -0.2) is 0 Å². The summed E-state index contributed by atoms with van der Waals surface area (Å²) in [5.41, 5.74) is 0. The molecule has 6 nitrogen and oxygen atoms in total. The summed E-state index contributed by atoms with van der Waals surface area (Å²) >= 11 is 1.86. The van der Waals surface area contributed by atoms with Gasteiger partial charge in [0.25, 0.3) is 5.91 Å². The molecule has 0 aliphatic rings. The Balaban J connectivity index is 1.86. The maximum Gasteiger partial charge on any atom is 0.287 e. The van der Waals surface area contributed by atoms with Crippen LogP contribution < -0.4 is 10.4 Å². The van der Waals surface area contributed by atoms with E-state index in [2.05, 4.69) is 24.4 Å². The van der Waals surface area contributed by atoms with Crippen molar-refractivity contribution < 1.29 is 23.6 Å². The molecular formula is C24H36N2O4S. The molecule has 0 radical (unpaired) electrons. The molecule has 0 fully saturated rings. The summed E-state index contributed by atoms with van der Waals surface area (Å²) in [5.74, 6) is -0.607. The van der Waals surface area contributed by atoms with Crippen LogP contribution in [0.1, 0.15) is 65.1 Å². The Morgan fingerprint density at radius 3 is 2.39 bits per heavy atom. The lowest BCUT2D eigenvalue weighted by Crippen LogP contribution is -2.50. The quantitative estimate of drug-likeness (QED) is 0.355. The number of carboxylic acids is 1. The summed E-state index contributed by atoms with van der Waals surface area (Å²) < 4.78 is 6.26. The number of carbonyl (C=O) groups is 2. The average Bonchev–Trinajstić information content (AvgIpc) is 3.31. The molecular weight excluding hydrogens is 412 g/mol. The number of thiophene rings is 1. The van der Waals surface area contributed by atoms with Crippen LogP contribution in [0.15, 0.2) is 28.7 Å². The summed E-state index contributed by atoms with van der Waals surface area (Å²) in [7, 11) is 5.84. The van der Waals surface area contributed by atoms with Crippen LogP contribution in [-0.4, -0.2) is 50.1 Å². The first kappa shape index (κ1) is 25.1. The summed E-state index contributed by atoms with van der Waals surface area (Å²) in [6.45, 7) is 2.70. The van der Waals surface area contributed by atoms with E-state index >= 15 is 0 Å². The summed E-state index contributed by atoms with van der Waals surface area (Å²) in [6, 6.07) is 7.36. The Hall–Kier alpha value is -2.12. The van der Waals surface area contributed by atoms with E-state index in [4.69, 9.17) is 4.42 Å². The van der Waals surface area contributed by atoms with Crippen LogP contribution in [0.4, 0.5) is 0 Å². The first-order chi connectivity index (χ1) is 14.7.